The second-order valence-electron chi connectivity index (χ2n) is 7.26. The van der Waals surface area contributed by atoms with Gasteiger partial charge in [-0.15, -0.1) is 0 Å². The van der Waals surface area contributed by atoms with Gasteiger partial charge in [-0.1, -0.05) is 42.5 Å². The molecule has 0 unspecified atom stereocenters. The molecule has 1 aromatic heterocycles. The Labute approximate surface area is 175 Å². The van der Waals surface area contributed by atoms with Crippen molar-refractivity contribution in [1.82, 2.24) is 9.55 Å². The summed E-state index contributed by atoms with van der Waals surface area (Å²) in [5.41, 5.74) is 3.45. The van der Waals surface area contributed by atoms with Crippen LogP contribution in [0.5, 0.6) is 11.5 Å². The maximum absolute atomic E-state index is 12.9. The van der Waals surface area contributed by atoms with Gasteiger partial charge in [0.1, 0.15) is 17.3 Å². The molecule has 30 heavy (non-hydrogen) atoms. The van der Waals surface area contributed by atoms with Crippen molar-refractivity contribution >= 4 is 11.6 Å². The van der Waals surface area contributed by atoms with Gasteiger partial charge in [0.25, 0.3) is 5.91 Å². The molecule has 0 aliphatic carbocycles. The number of para-hydroxylation sites is 2. The predicted molar refractivity (Wildman–Crippen MR) is 117 cm³/mol. The Morgan fingerprint density at radius 2 is 1.70 bits per heavy atom. The first-order valence-electron chi connectivity index (χ1n) is 10.1. The van der Waals surface area contributed by atoms with Gasteiger partial charge in [0, 0.05) is 18.7 Å². The zero-order valence-corrected chi connectivity index (χ0v) is 16.4. The molecule has 5 heteroatoms. The summed E-state index contributed by atoms with van der Waals surface area (Å²) in [6, 6.07) is 24.6. The molecule has 0 saturated carbocycles. The summed E-state index contributed by atoms with van der Waals surface area (Å²) < 4.78 is 8.18. The Morgan fingerprint density at radius 1 is 0.933 bits per heavy atom. The fourth-order valence-electron chi connectivity index (χ4n) is 3.77. The minimum Gasteiger partial charge on any atom is -0.457 e. The maximum atomic E-state index is 12.9. The lowest BCUT2D eigenvalue weighted by Gasteiger charge is -2.12. The maximum Gasteiger partial charge on any atom is 0.259 e. The lowest BCUT2D eigenvalue weighted by molar-refractivity contribution is 0.102. The van der Waals surface area contributed by atoms with Crippen LogP contribution in [0, 0.1) is 0 Å². The number of imidazole rings is 1. The molecule has 5 rings (SSSR count). The summed E-state index contributed by atoms with van der Waals surface area (Å²) in [5, 5.41) is 2.97. The lowest BCUT2D eigenvalue weighted by atomic mass is 10.1. The first-order valence-corrected chi connectivity index (χ1v) is 10.1. The van der Waals surface area contributed by atoms with Crippen LogP contribution >= 0.6 is 0 Å². The molecule has 1 aliphatic rings. The molecule has 1 amide bonds. The molecular weight excluding hydrogens is 374 g/mol. The smallest absolute Gasteiger partial charge is 0.259 e. The van der Waals surface area contributed by atoms with Crippen molar-refractivity contribution in [2.24, 2.45) is 0 Å². The van der Waals surface area contributed by atoms with E-state index in [0.717, 1.165) is 42.2 Å². The number of fused-ring (bicyclic) bond motifs is 1. The van der Waals surface area contributed by atoms with E-state index in [2.05, 4.69) is 14.9 Å². The molecule has 0 radical (unpaired) electrons. The van der Waals surface area contributed by atoms with Gasteiger partial charge in [-0.05, 0) is 48.4 Å². The van der Waals surface area contributed by atoms with Gasteiger partial charge >= 0.3 is 0 Å². The van der Waals surface area contributed by atoms with E-state index in [0.29, 0.717) is 17.1 Å². The number of nitrogens with one attached hydrogen (secondary N) is 1. The van der Waals surface area contributed by atoms with E-state index in [4.69, 9.17) is 4.74 Å². The second-order valence-corrected chi connectivity index (χ2v) is 7.26. The van der Waals surface area contributed by atoms with Crippen molar-refractivity contribution in [1.29, 1.82) is 0 Å². The summed E-state index contributed by atoms with van der Waals surface area (Å²) in [6.07, 6.45) is 4.12. The molecule has 5 nitrogen and oxygen atoms in total. The number of benzene rings is 3. The van der Waals surface area contributed by atoms with E-state index in [-0.39, 0.29) is 5.91 Å². The highest BCUT2D eigenvalue weighted by molar-refractivity contribution is 6.06. The first-order chi connectivity index (χ1) is 14.8. The van der Waals surface area contributed by atoms with Crippen LogP contribution < -0.4 is 10.1 Å². The number of carbonyl (C=O) groups is 1. The predicted octanol–water partition coefficient (Wildman–Crippen LogP) is 5.54. The number of nitrogens with zero attached hydrogens (tertiary/aromatic N) is 2. The molecule has 0 spiro atoms. The first kappa shape index (κ1) is 18.2. The van der Waals surface area contributed by atoms with E-state index in [1.807, 2.05) is 72.9 Å². The zero-order valence-electron chi connectivity index (χ0n) is 16.4. The topological polar surface area (TPSA) is 56.2 Å². The van der Waals surface area contributed by atoms with Gasteiger partial charge in [-0.2, -0.15) is 0 Å². The Kier molecular flexibility index (Phi) is 4.77. The average Bonchev–Trinajstić information content (AvgIpc) is 3.40. The molecule has 3 aromatic carbocycles. The molecule has 1 N–H and O–H groups in total. The largest absolute Gasteiger partial charge is 0.457 e. The van der Waals surface area contributed by atoms with Gasteiger partial charge in [0.2, 0.25) is 0 Å². The fraction of sp³-hybridized carbons (Fsp3) is 0.120. The van der Waals surface area contributed by atoms with Crippen molar-refractivity contribution in [3.8, 4) is 22.8 Å². The number of hydrogen-bond acceptors (Lipinski definition) is 3. The van der Waals surface area contributed by atoms with Crippen LogP contribution in [0.25, 0.3) is 11.3 Å². The third-order valence-electron chi connectivity index (χ3n) is 5.26. The molecule has 148 valence electrons. The Bertz CT molecular complexity index is 1180. The standard InChI is InChI=1S/C25H21N3O2/c29-25(21-9-4-5-10-23(21)30-20-7-2-1-3-8-20)27-19-14-12-18(13-15-19)22-17-26-24-11-6-16-28(22)24/h1-5,7-10,12-15,17H,6,11,16H2,(H,27,29). The number of rotatable bonds is 5. The minimum absolute atomic E-state index is 0.209. The number of aryl methyl sites for hydroxylation is 1. The van der Waals surface area contributed by atoms with E-state index in [1.165, 1.54) is 0 Å². The molecule has 4 aromatic rings. The normalized spacial score (nSPS) is 12.4. The van der Waals surface area contributed by atoms with Crippen LogP contribution in [0.15, 0.2) is 85.1 Å². The molecule has 1 aliphatic heterocycles. The van der Waals surface area contributed by atoms with Crippen molar-refractivity contribution in [3.63, 3.8) is 0 Å². The summed E-state index contributed by atoms with van der Waals surface area (Å²) in [7, 11) is 0. The average molecular weight is 395 g/mol. The number of ether oxygens (including phenoxy) is 1. The van der Waals surface area contributed by atoms with Crippen molar-refractivity contribution < 1.29 is 9.53 Å². The van der Waals surface area contributed by atoms with Crippen LogP contribution in [0.1, 0.15) is 22.6 Å². The van der Waals surface area contributed by atoms with E-state index in [1.54, 1.807) is 12.1 Å². The second kappa shape index (κ2) is 7.87. The quantitative estimate of drug-likeness (QED) is 0.483. The molecular formula is C25H21N3O2. The number of aromatic nitrogens is 2. The van der Waals surface area contributed by atoms with Crippen molar-refractivity contribution in [2.75, 3.05) is 5.32 Å². The van der Waals surface area contributed by atoms with Crippen LogP contribution in [0.2, 0.25) is 0 Å². The third kappa shape index (κ3) is 3.57. The van der Waals surface area contributed by atoms with Crippen LogP contribution in [0.4, 0.5) is 5.69 Å². The lowest BCUT2D eigenvalue weighted by Crippen LogP contribution is -2.13. The summed E-state index contributed by atoms with van der Waals surface area (Å²) >= 11 is 0. The fourth-order valence-corrected chi connectivity index (χ4v) is 3.77. The van der Waals surface area contributed by atoms with E-state index in [9.17, 15) is 4.79 Å². The monoisotopic (exact) mass is 395 g/mol. The Hall–Kier alpha value is -3.86. The zero-order chi connectivity index (χ0) is 20.3. The molecule has 0 atom stereocenters. The highest BCUT2D eigenvalue weighted by atomic mass is 16.5. The summed E-state index contributed by atoms with van der Waals surface area (Å²) in [6.45, 7) is 1.02. The SMILES string of the molecule is O=C(Nc1ccc(-c2cnc3n2CCC3)cc1)c1ccccc1Oc1ccccc1. The van der Waals surface area contributed by atoms with Crippen LogP contribution in [-0.4, -0.2) is 15.5 Å². The Balaban J connectivity index is 1.33. The van der Waals surface area contributed by atoms with Crippen molar-refractivity contribution in [3.05, 3.63) is 96.4 Å². The highest BCUT2D eigenvalue weighted by Gasteiger charge is 2.17. The number of amides is 1. The molecule has 0 bridgehead atoms. The summed E-state index contributed by atoms with van der Waals surface area (Å²) in [5.74, 6) is 2.15. The highest BCUT2D eigenvalue weighted by Crippen LogP contribution is 2.28. The number of carbonyl (C=O) groups excluding carboxylic acids is 1. The van der Waals surface area contributed by atoms with Gasteiger partial charge in [0.05, 0.1) is 17.5 Å². The van der Waals surface area contributed by atoms with Gasteiger partial charge in [0.15, 0.2) is 0 Å². The van der Waals surface area contributed by atoms with Gasteiger partial charge in [-0.25, -0.2) is 4.98 Å². The van der Waals surface area contributed by atoms with E-state index < -0.39 is 0 Å². The van der Waals surface area contributed by atoms with Gasteiger partial charge in [-0.3, -0.25) is 4.79 Å². The number of hydrogen-bond donors (Lipinski definition) is 1. The molecule has 0 fully saturated rings. The number of anilines is 1. The van der Waals surface area contributed by atoms with E-state index >= 15 is 0 Å². The van der Waals surface area contributed by atoms with Crippen LogP contribution in [0.3, 0.4) is 0 Å². The van der Waals surface area contributed by atoms with Gasteiger partial charge < -0.3 is 14.6 Å². The Morgan fingerprint density at radius 3 is 2.53 bits per heavy atom. The van der Waals surface area contributed by atoms with Crippen molar-refractivity contribution in [2.45, 2.75) is 19.4 Å². The van der Waals surface area contributed by atoms with Crippen LogP contribution in [-0.2, 0) is 13.0 Å². The summed E-state index contributed by atoms with van der Waals surface area (Å²) in [4.78, 5) is 17.4. The minimum atomic E-state index is -0.209. The molecule has 0 saturated heterocycles. The third-order valence-corrected chi connectivity index (χ3v) is 5.26. The molecule has 2 heterocycles.